The lowest BCUT2D eigenvalue weighted by Crippen LogP contribution is -2.44. The van der Waals surface area contributed by atoms with Gasteiger partial charge in [0.05, 0.1) is 0 Å². The summed E-state index contributed by atoms with van der Waals surface area (Å²) in [5.41, 5.74) is 1.30. The fourth-order valence-corrected chi connectivity index (χ4v) is 3.27. The number of carbonyl (C=O) groups excluding carboxylic acids is 2. The highest BCUT2D eigenvalue weighted by Gasteiger charge is 2.19. The Morgan fingerprint density at radius 2 is 2.04 bits per heavy atom. The summed E-state index contributed by atoms with van der Waals surface area (Å²) < 4.78 is 0. The Kier molecular flexibility index (Phi) is 5.53. The molecule has 132 valence electrons. The predicted molar refractivity (Wildman–Crippen MR) is 99.4 cm³/mol. The van der Waals surface area contributed by atoms with Gasteiger partial charge in [-0.3, -0.25) is 4.79 Å². The van der Waals surface area contributed by atoms with Crippen molar-refractivity contribution >= 4 is 22.7 Å². The molecule has 2 aromatic rings. The monoisotopic (exact) mass is 339 g/mol. The Balaban J connectivity index is 1.56. The molecule has 3 rings (SSSR count). The van der Waals surface area contributed by atoms with Gasteiger partial charge in [0, 0.05) is 19.6 Å². The van der Waals surface area contributed by atoms with Crippen LogP contribution in [0.1, 0.15) is 18.9 Å². The van der Waals surface area contributed by atoms with Crippen molar-refractivity contribution in [2.45, 2.75) is 19.8 Å². The molecular weight excluding hydrogens is 314 g/mol. The number of nitrogens with zero attached hydrogens (tertiary/aromatic N) is 1. The van der Waals surface area contributed by atoms with Crippen LogP contribution < -0.4 is 10.6 Å². The number of rotatable bonds is 4. The van der Waals surface area contributed by atoms with E-state index in [0.717, 1.165) is 12.8 Å². The second kappa shape index (κ2) is 8.01. The Bertz CT molecular complexity index is 754. The smallest absolute Gasteiger partial charge is 0.317 e. The minimum Gasteiger partial charge on any atom is -0.354 e. The summed E-state index contributed by atoms with van der Waals surface area (Å²) in [5, 5.41) is 8.27. The van der Waals surface area contributed by atoms with Crippen molar-refractivity contribution in [3.05, 3.63) is 48.0 Å². The van der Waals surface area contributed by atoms with Gasteiger partial charge in [0.15, 0.2) is 0 Å². The molecule has 1 unspecified atom stereocenters. The molecule has 0 bridgehead atoms. The van der Waals surface area contributed by atoms with Gasteiger partial charge in [0.2, 0.25) is 5.91 Å². The van der Waals surface area contributed by atoms with E-state index in [4.69, 9.17) is 0 Å². The highest BCUT2D eigenvalue weighted by atomic mass is 16.2. The molecule has 5 heteroatoms. The summed E-state index contributed by atoms with van der Waals surface area (Å²) in [6, 6.07) is 14.6. The zero-order valence-corrected chi connectivity index (χ0v) is 14.6. The van der Waals surface area contributed by atoms with Gasteiger partial charge in [0.25, 0.3) is 0 Å². The van der Waals surface area contributed by atoms with Crippen molar-refractivity contribution in [1.29, 1.82) is 0 Å². The second-order valence-electron chi connectivity index (χ2n) is 6.76. The minimum atomic E-state index is -0.151. The fourth-order valence-electron chi connectivity index (χ4n) is 3.27. The topological polar surface area (TPSA) is 61.4 Å². The van der Waals surface area contributed by atoms with Gasteiger partial charge in [-0.25, -0.2) is 4.79 Å². The first-order valence-electron chi connectivity index (χ1n) is 8.89. The Morgan fingerprint density at radius 3 is 2.92 bits per heavy atom. The Hall–Kier alpha value is -2.56. The largest absolute Gasteiger partial charge is 0.354 e. The molecule has 1 atom stereocenters. The summed E-state index contributed by atoms with van der Waals surface area (Å²) >= 11 is 0. The molecule has 2 N–H and O–H groups in total. The van der Waals surface area contributed by atoms with E-state index in [1.165, 1.54) is 16.3 Å². The summed E-state index contributed by atoms with van der Waals surface area (Å²) in [7, 11) is 0. The quantitative estimate of drug-likeness (QED) is 0.899. The first kappa shape index (κ1) is 17.3. The summed E-state index contributed by atoms with van der Waals surface area (Å²) in [5.74, 6) is 0.229. The van der Waals surface area contributed by atoms with Crippen LogP contribution in [0.4, 0.5) is 4.79 Å². The van der Waals surface area contributed by atoms with E-state index in [0.29, 0.717) is 25.6 Å². The number of fused-ring (bicyclic) bond motifs is 1. The Labute approximate surface area is 148 Å². The number of urea groups is 1. The zero-order chi connectivity index (χ0) is 17.6. The van der Waals surface area contributed by atoms with Crippen LogP contribution in [0.5, 0.6) is 0 Å². The lowest BCUT2D eigenvalue weighted by atomic mass is 9.96. The van der Waals surface area contributed by atoms with Crippen molar-refractivity contribution in [3.8, 4) is 0 Å². The molecular formula is C20H25N3O2. The number of nitrogens with one attached hydrogen (secondary N) is 2. The number of hydrogen-bond donors (Lipinski definition) is 2. The van der Waals surface area contributed by atoms with E-state index in [1.807, 2.05) is 6.07 Å². The van der Waals surface area contributed by atoms with Gasteiger partial charge in [-0.15, -0.1) is 0 Å². The first-order chi connectivity index (χ1) is 12.1. The number of amides is 3. The molecule has 1 aliphatic rings. The SMILES string of the molecule is CC(CNC(=O)N1CCCNC(=O)C1)Cc1cccc2ccccc12. The van der Waals surface area contributed by atoms with Crippen LogP contribution in [0.25, 0.3) is 10.8 Å². The van der Waals surface area contributed by atoms with Crippen LogP contribution in [-0.4, -0.2) is 43.0 Å². The van der Waals surface area contributed by atoms with Gasteiger partial charge in [-0.2, -0.15) is 0 Å². The molecule has 0 aliphatic carbocycles. The lowest BCUT2D eigenvalue weighted by molar-refractivity contribution is -0.121. The van der Waals surface area contributed by atoms with Crippen molar-refractivity contribution in [1.82, 2.24) is 15.5 Å². The van der Waals surface area contributed by atoms with Crippen molar-refractivity contribution < 1.29 is 9.59 Å². The van der Waals surface area contributed by atoms with Crippen LogP contribution in [0.3, 0.4) is 0 Å². The van der Waals surface area contributed by atoms with Crippen molar-refractivity contribution in [3.63, 3.8) is 0 Å². The van der Waals surface area contributed by atoms with Crippen LogP contribution in [0, 0.1) is 5.92 Å². The molecule has 3 amide bonds. The standard InChI is InChI=1S/C20H25N3O2/c1-15(12-17-8-4-7-16-6-2-3-9-18(16)17)13-22-20(25)23-11-5-10-21-19(24)14-23/h2-4,6-9,15H,5,10-14H2,1H3,(H,21,24)(H,22,25). The highest BCUT2D eigenvalue weighted by Crippen LogP contribution is 2.21. The van der Waals surface area contributed by atoms with Crippen LogP contribution >= 0.6 is 0 Å². The van der Waals surface area contributed by atoms with Gasteiger partial charge in [-0.05, 0) is 35.1 Å². The summed E-state index contributed by atoms with van der Waals surface area (Å²) in [6.07, 6.45) is 1.70. The molecule has 0 saturated carbocycles. The van der Waals surface area contributed by atoms with Crippen LogP contribution in [0.2, 0.25) is 0 Å². The molecule has 1 aliphatic heterocycles. The first-order valence-corrected chi connectivity index (χ1v) is 8.89. The minimum absolute atomic E-state index is 0.0866. The van der Waals surface area contributed by atoms with E-state index < -0.39 is 0 Å². The maximum Gasteiger partial charge on any atom is 0.317 e. The van der Waals surface area contributed by atoms with E-state index in [2.05, 4.69) is 54.0 Å². The van der Waals surface area contributed by atoms with Crippen LogP contribution in [-0.2, 0) is 11.2 Å². The molecule has 0 radical (unpaired) electrons. The third-order valence-corrected chi connectivity index (χ3v) is 4.60. The molecule has 1 heterocycles. The van der Waals surface area contributed by atoms with E-state index in [-0.39, 0.29) is 18.5 Å². The average molecular weight is 339 g/mol. The van der Waals surface area contributed by atoms with Gasteiger partial charge >= 0.3 is 6.03 Å². The van der Waals surface area contributed by atoms with E-state index in [1.54, 1.807) is 4.90 Å². The van der Waals surface area contributed by atoms with Crippen molar-refractivity contribution in [2.75, 3.05) is 26.2 Å². The van der Waals surface area contributed by atoms with Gasteiger partial charge in [0.1, 0.15) is 6.54 Å². The predicted octanol–water partition coefficient (Wildman–Crippen LogP) is 2.55. The molecule has 25 heavy (non-hydrogen) atoms. The maximum atomic E-state index is 12.3. The third kappa shape index (κ3) is 4.50. The van der Waals surface area contributed by atoms with Crippen LogP contribution in [0.15, 0.2) is 42.5 Å². The van der Waals surface area contributed by atoms with E-state index >= 15 is 0 Å². The van der Waals surface area contributed by atoms with Gasteiger partial charge < -0.3 is 15.5 Å². The molecule has 2 aromatic carbocycles. The zero-order valence-electron chi connectivity index (χ0n) is 14.6. The second-order valence-corrected chi connectivity index (χ2v) is 6.76. The number of benzene rings is 2. The molecule has 0 aromatic heterocycles. The Morgan fingerprint density at radius 1 is 1.24 bits per heavy atom. The van der Waals surface area contributed by atoms with Crippen molar-refractivity contribution in [2.24, 2.45) is 5.92 Å². The molecule has 0 spiro atoms. The molecule has 1 fully saturated rings. The normalized spacial score (nSPS) is 16.2. The maximum absolute atomic E-state index is 12.3. The van der Waals surface area contributed by atoms with Gasteiger partial charge in [-0.1, -0.05) is 49.4 Å². The summed E-state index contributed by atoms with van der Waals surface area (Å²) in [4.78, 5) is 25.5. The van der Waals surface area contributed by atoms with E-state index in [9.17, 15) is 9.59 Å². The fraction of sp³-hybridized carbons (Fsp3) is 0.400. The number of carbonyl (C=O) groups is 2. The average Bonchev–Trinajstić information content (AvgIpc) is 2.84. The lowest BCUT2D eigenvalue weighted by Gasteiger charge is -2.21. The molecule has 1 saturated heterocycles. The summed E-state index contributed by atoms with van der Waals surface area (Å²) in [6.45, 7) is 4.13. The number of hydrogen-bond acceptors (Lipinski definition) is 2. The highest BCUT2D eigenvalue weighted by molar-refractivity contribution is 5.86. The third-order valence-electron chi connectivity index (χ3n) is 4.60. The molecule has 5 nitrogen and oxygen atoms in total.